The summed E-state index contributed by atoms with van der Waals surface area (Å²) in [6.07, 6.45) is 4.06. The van der Waals surface area contributed by atoms with Crippen LogP contribution in [0.15, 0.2) is 66.2 Å². The van der Waals surface area contributed by atoms with Gasteiger partial charge < -0.3 is 14.9 Å². The van der Waals surface area contributed by atoms with Crippen molar-refractivity contribution < 1.29 is 14.7 Å². The number of pyridine rings is 1. The number of Topliss-reactive ketones (excluding diaryl/α,β-unsaturated/α-hetero) is 1. The monoisotopic (exact) mass is 379 g/mol. The number of hydrogen-bond donors (Lipinski definition) is 1. The first-order chi connectivity index (χ1) is 13.5. The van der Waals surface area contributed by atoms with Crippen molar-refractivity contribution in [2.45, 2.75) is 18.9 Å². The van der Waals surface area contributed by atoms with Gasteiger partial charge in [0.15, 0.2) is 11.5 Å². The number of amides is 1. The van der Waals surface area contributed by atoms with Crippen molar-refractivity contribution in [3.8, 4) is 0 Å². The molecule has 0 saturated carbocycles. The molecule has 1 amide bonds. The Morgan fingerprint density at radius 2 is 1.82 bits per heavy atom. The van der Waals surface area contributed by atoms with Crippen molar-refractivity contribution in [3.63, 3.8) is 0 Å². The van der Waals surface area contributed by atoms with Crippen molar-refractivity contribution in [2.75, 3.05) is 27.2 Å². The Bertz CT molecular complexity index is 863. The van der Waals surface area contributed by atoms with Crippen LogP contribution in [0.2, 0.25) is 0 Å². The summed E-state index contributed by atoms with van der Waals surface area (Å²) in [5.41, 5.74) is 2.00. The zero-order chi connectivity index (χ0) is 20.1. The number of aromatic nitrogens is 1. The quantitative estimate of drug-likeness (QED) is 0.763. The second-order valence-electron chi connectivity index (χ2n) is 7.16. The van der Waals surface area contributed by atoms with E-state index < -0.39 is 17.7 Å². The van der Waals surface area contributed by atoms with Crippen LogP contribution >= 0.6 is 0 Å². The summed E-state index contributed by atoms with van der Waals surface area (Å²) in [6, 6.07) is 12.7. The molecule has 28 heavy (non-hydrogen) atoms. The maximum absolute atomic E-state index is 13.0. The van der Waals surface area contributed by atoms with E-state index in [0.29, 0.717) is 19.5 Å². The number of carbonyl (C=O) groups excluding carboxylic acids is 2. The lowest BCUT2D eigenvalue weighted by Crippen LogP contribution is -2.36. The van der Waals surface area contributed by atoms with Crippen LogP contribution in [-0.2, 0) is 16.0 Å². The van der Waals surface area contributed by atoms with Crippen LogP contribution in [0.5, 0.6) is 0 Å². The smallest absolute Gasteiger partial charge is 0.290 e. The van der Waals surface area contributed by atoms with Gasteiger partial charge in [0.2, 0.25) is 0 Å². The maximum atomic E-state index is 13.0. The Labute approximate surface area is 165 Å². The zero-order valence-corrected chi connectivity index (χ0v) is 16.2. The molecule has 1 unspecified atom stereocenters. The molecule has 0 radical (unpaired) electrons. The van der Waals surface area contributed by atoms with E-state index in [0.717, 1.165) is 11.1 Å². The molecule has 2 heterocycles. The van der Waals surface area contributed by atoms with Gasteiger partial charge in [-0.1, -0.05) is 30.3 Å². The van der Waals surface area contributed by atoms with Crippen LogP contribution in [0.1, 0.15) is 23.6 Å². The molecule has 3 rings (SSSR count). The molecule has 1 aromatic heterocycles. The lowest BCUT2D eigenvalue weighted by molar-refractivity contribution is -0.129. The van der Waals surface area contributed by atoms with Gasteiger partial charge in [-0.3, -0.25) is 14.6 Å². The third kappa shape index (κ3) is 4.28. The Hall–Kier alpha value is -2.99. The minimum Gasteiger partial charge on any atom is -0.503 e. The summed E-state index contributed by atoms with van der Waals surface area (Å²) in [5, 5.41) is 10.5. The van der Waals surface area contributed by atoms with Gasteiger partial charge in [-0.2, -0.15) is 0 Å². The van der Waals surface area contributed by atoms with Crippen LogP contribution < -0.4 is 0 Å². The third-order valence-electron chi connectivity index (χ3n) is 4.90. The Balaban J connectivity index is 1.87. The summed E-state index contributed by atoms with van der Waals surface area (Å²) in [7, 11) is 3.84. The fourth-order valence-electron chi connectivity index (χ4n) is 3.41. The molecule has 1 aliphatic rings. The van der Waals surface area contributed by atoms with Crippen LogP contribution in [0.3, 0.4) is 0 Å². The van der Waals surface area contributed by atoms with E-state index in [4.69, 9.17) is 0 Å². The lowest BCUT2D eigenvalue weighted by atomic mass is 9.94. The number of aliphatic hydroxyl groups is 1. The van der Waals surface area contributed by atoms with Crippen molar-refractivity contribution >= 4 is 11.7 Å². The standard InChI is InChI=1S/C22H25N3O3/c1-24(2)14-15-25-20(17-10-12-23-13-11-17)19(21(27)22(25)28)18(26)9-8-16-6-4-3-5-7-16/h3-7,10-13,20,27H,8-9,14-15H2,1-2H3. The van der Waals surface area contributed by atoms with Crippen molar-refractivity contribution in [2.24, 2.45) is 0 Å². The average Bonchev–Trinajstić information content (AvgIpc) is 2.96. The number of benzene rings is 1. The molecule has 0 fully saturated rings. The maximum Gasteiger partial charge on any atom is 0.290 e. The van der Waals surface area contributed by atoms with E-state index >= 15 is 0 Å². The summed E-state index contributed by atoms with van der Waals surface area (Å²) in [4.78, 5) is 33.3. The first-order valence-electron chi connectivity index (χ1n) is 9.35. The van der Waals surface area contributed by atoms with E-state index in [1.807, 2.05) is 49.3 Å². The first-order valence-corrected chi connectivity index (χ1v) is 9.35. The largest absolute Gasteiger partial charge is 0.503 e. The zero-order valence-electron chi connectivity index (χ0n) is 16.2. The van der Waals surface area contributed by atoms with Gasteiger partial charge in [0.25, 0.3) is 5.91 Å². The number of aliphatic hydroxyl groups excluding tert-OH is 1. The molecule has 6 heteroatoms. The summed E-state index contributed by atoms with van der Waals surface area (Å²) in [5.74, 6) is -1.13. The molecular weight excluding hydrogens is 354 g/mol. The molecule has 0 spiro atoms. The number of likely N-dealkylation sites (N-methyl/N-ethyl adjacent to an activating group) is 1. The van der Waals surface area contributed by atoms with Crippen LogP contribution in [-0.4, -0.2) is 58.8 Å². The summed E-state index contributed by atoms with van der Waals surface area (Å²) in [6.45, 7) is 1.05. The molecule has 1 aliphatic heterocycles. The van der Waals surface area contributed by atoms with Gasteiger partial charge in [0.05, 0.1) is 11.6 Å². The van der Waals surface area contributed by atoms with Gasteiger partial charge in [-0.15, -0.1) is 0 Å². The van der Waals surface area contributed by atoms with Crippen LogP contribution in [0, 0.1) is 0 Å². The number of carbonyl (C=O) groups is 2. The Kier molecular flexibility index (Phi) is 6.21. The lowest BCUT2D eigenvalue weighted by Gasteiger charge is -2.28. The third-order valence-corrected chi connectivity index (χ3v) is 4.90. The van der Waals surface area contributed by atoms with Gasteiger partial charge in [0.1, 0.15) is 0 Å². The molecule has 1 atom stereocenters. The van der Waals surface area contributed by atoms with Crippen LogP contribution in [0.4, 0.5) is 0 Å². The average molecular weight is 379 g/mol. The van der Waals surface area contributed by atoms with Gasteiger partial charge in [0, 0.05) is 31.9 Å². The Morgan fingerprint density at radius 3 is 2.46 bits per heavy atom. The van der Waals surface area contributed by atoms with Crippen molar-refractivity contribution in [1.82, 2.24) is 14.8 Å². The highest BCUT2D eigenvalue weighted by atomic mass is 16.3. The SMILES string of the molecule is CN(C)CCN1C(=O)C(O)=C(C(=O)CCc2ccccc2)C1c1ccncc1. The first kappa shape index (κ1) is 19.8. The van der Waals surface area contributed by atoms with Crippen molar-refractivity contribution in [3.05, 3.63) is 77.3 Å². The van der Waals surface area contributed by atoms with E-state index in [2.05, 4.69) is 4.98 Å². The van der Waals surface area contributed by atoms with E-state index in [-0.39, 0.29) is 17.8 Å². The molecule has 6 nitrogen and oxygen atoms in total. The minimum atomic E-state index is -0.585. The molecule has 0 saturated heterocycles. The van der Waals surface area contributed by atoms with Gasteiger partial charge in [-0.05, 0) is 43.8 Å². The van der Waals surface area contributed by atoms with Crippen molar-refractivity contribution in [1.29, 1.82) is 0 Å². The van der Waals surface area contributed by atoms with E-state index in [1.54, 1.807) is 29.4 Å². The Morgan fingerprint density at radius 1 is 1.14 bits per heavy atom. The number of ketones is 1. The molecular formula is C22H25N3O3. The van der Waals surface area contributed by atoms with E-state index in [1.165, 1.54) is 0 Å². The van der Waals surface area contributed by atoms with Gasteiger partial charge >= 0.3 is 0 Å². The summed E-state index contributed by atoms with van der Waals surface area (Å²) < 4.78 is 0. The predicted octanol–water partition coefficient (Wildman–Crippen LogP) is 2.54. The number of nitrogens with zero attached hydrogens (tertiary/aromatic N) is 3. The highest BCUT2D eigenvalue weighted by Crippen LogP contribution is 2.37. The fraction of sp³-hybridized carbons (Fsp3) is 0.318. The molecule has 1 aromatic carbocycles. The summed E-state index contributed by atoms with van der Waals surface area (Å²) >= 11 is 0. The molecule has 146 valence electrons. The highest BCUT2D eigenvalue weighted by Gasteiger charge is 2.42. The fourth-order valence-corrected chi connectivity index (χ4v) is 3.41. The highest BCUT2D eigenvalue weighted by molar-refractivity contribution is 6.09. The van der Waals surface area contributed by atoms with E-state index in [9.17, 15) is 14.7 Å². The number of aryl methyl sites for hydroxylation is 1. The second-order valence-corrected chi connectivity index (χ2v) is 7.16. The normalized spacial score (nSPS) is 16.9. The van der Waals surface area contributed by atoms with Crippen LogP contribution in [0.25, 0.3) is 0 Å². The second kappa shape index (κ2) is 8.80. The molecule has 0 bridgehead atoms. The molecule has 2 aromatic rings. The van der Waals surface area contributed by atoms with Gasteiger partial charge in [-0.25, -0.2) is 0 Å². The molecule has 1 N–H and O–H groups in total. The molecule has 0 aliphatic carbocycles. The minimum absolute atomic E-state index is 0.186. The topological polar surface area (TPSA) is 73.7 Å². The number of rotatable bonds is 8. The predicted molar refractivity (Wildman–Crippen MR) is 107 cm³/mol. The number of hydrogen-bond acceptors (Lipinski definition) is 5.